The molecule has 1 heterocycles. The molecule has 0 aliphatic rings. The summed E-state index contributed by atoms with van der Waals surface area (Å²) in [6.45, 7) is 2.04. The van der Waals surface area contributed by atoms with Crippen LogP contribution in [0.1, 0.15) is 25.2 Å². The van der Waals surface area contributed by atoms with Gasteiger partial charge in [-0.1, -0.05) is 18.2 Å². The van der Waals surface area contributed by atoms with Crippen LogP contribution >= 0.6 is 0 Å². The van der Waals surface area contributed by atoms with Gasteiger partial charge in [-0.05, 0) is 37.6 Å². The zero-order chi connectivity index (χ0) is 15.1. The van der Waals surface area contributed by atoms with Crippen LogP contribution in [0.2, 0.25) is 0 Å². The number of hydrogen-bond acceptors (Lipinski definition) is 4. The normalized spacial score (nSPS) is 13.4. The highest BCUT2D eigenvalue weighted by molar-refractivity contribution is 5.80. The summed E-state index contributed by atoms with van der Waals surface area (Å²) in [5, 5.41) is 12.5. The fourth-order valence-corrected chi connectivity index (χ4v) is 1.86. The molecular formula is C16H19NO4. The number of rotatable bonds is 7. The largest absolute Gasteiger partial charge is 0.481 e. The maximum absolute atomic E-state index is 11.9. The molecule has 1 amide bonds. The molecule has 0 saturated heterocycles. The van der Waals surface area contributed by atoms with Gasteiger partial charge in [-0.15, -0.1) is 0 Å². The Balaban J connectivity index is 1.71. The Morgan fingerprint density at radius 1 is 1.29 bits per heavy atom. The zero-order valence-corrected chi connectivity index (χ0v) is 11.9. The van der Waals surface area contributed by atoms with Gasteiger partial charge in [0.15, 0.2) is 6.10 Å². The number of amides is 1. The second-order valence-corrected chi connectivity index (χ2v) is 4.68. The van der Waals surface area contributed by atoms with E-state index >= 15 is 0 Å². The molecule has 5 nitrogen and oxygen atoms in total. The molecule has 2 N–H and O–H groups in total. The maximum Gasteiger partial charge on any atom is 0.260 e. The first kappa shape index (κ1) is 15.1. The summed E-state index contributed by atoms with van der Waals surface area (Å²) in [7, 11) is 0. The smallest absolute Gasteiger partial charge is 0.260 e. The van der Waals surface area contributed by atoms with Gasteiger partial charge in [-0.2, -0.15) is 0 Å². The van der Waals surface area contributed by atoms with Gasteiger partial charge in [-0.25, -0.2) is 0 Å². The fourth-order valence-electron chi connectivity index (χ4n) is 1.86. The number of hydrogen-bond donors (Lipinski definition) is 2. The lowest BCUT2D eigenvalue weighted by molar-refractivity contribution is -0.127. The molecule has 1 aromatic carbocycles. The molecular weight excluding hydrogens is 270 g/mol. The van der Waals surface area contributed by atoms with Gasteiger partial charge in [0.25, 0.3) is 5.91 Å². The third-order valence-corrected chi connectivity index (χ3v) is 3.01. The average molecular weight is 289 g/mol. The van der Waals surface area contributed by atoms with E-state index in [2.05, 4.69) is 5.32 Å². The van der Waals surface area contributed by atoms with Crippen LogP contribution in [0.25, 0.3) is 0 Å². The van der Waals surface area contributed by atoms with Crippen LogP contribution in [0.4, 0.5) is 0 Å². The number of nitrogens with one attached hydrogen (secondary N) is 1. The number of ether oxygens (including phenoxy) is 1. The van der Waals surface area contributed by atoms with Crippen LogP contribution in [-0.2, 0) is 4.79 Å². The molecule has 5 heteroatoms. The second-order valence-electron chi connectivity index (χ2n) is 4.68. The molecule has 0 unspecified atom stereocenters. The minimum absolute atomic E-state index is 0.217. The molecule has 0 spiro atoms. The van der Waals surface area contributed by atoms with Crippen LogP contribution < -0.4 is 10.1 Å². The Labute approximate surface area is 123 Å². The Bertz CT molecular complexity index is 539. The minimum atomic E-state index is -0.717. The summed E-state index contributed by atoms with van der Waals surface area (Å²) >= 11 is 0. The molecule has 0 radical (unpaired) electrons. The van der Waals surface area contributed by atoms with Gasteiger partial charge in [0.05, 0.1) is 6.26 Å². The first-order chi connectivity index (χ1) is 10.2. The minimum Gasteiger partial charge on any atom is -0.481 e. The molecule has 2 rings (SSSR count). The molecule has 0 saturated carbocycles. The van der Waals surface area contributed by atoms with Crippen molar-refractivity contribution in [3.8, 4) is 5.75 Å². The first-order valence-electron chi connectivity index (χ1n) is 6.87. The number of carbonyl (C=O) groups is 1. The molecule has 0 bridgehead atoms. The number of carbonyl (C=O) groups excluding carboxylic acids is 1. The zero-order valence-electron chi connectivity index (χ0n) is 11.9. The third kappa shape index (κ3) is 4.65. The summed E-state index contributed by atoms with van der Waals surface area (Å²) < 4.78 is 10.6. The van der Waals surface area contributed by atoms with Gasteiger partial charge in [0, 0.05) is 6.54 Å². The SMILES string of the molecule is C[C@H](Oc1ccccc1)C(=O)NCC[C@H](O)c1ccco1. The van der Waals surface area contributed by atoms with Gasteiger partial charge in [0.1, 0.15) is 17.6 Å². The van der Waals surface area contributed by atoms with Crippen molar-refractivity contribution in [1.29, 1.82) is 0 Å². The van der Waals surface area contributed by atoms with Crippen molar-refractivity contribution in [2.75, 3.05) is 6.54 Å². The lowest BCUT2D eigenvalue weighted by Gasteiger charge is -2.15. The highest BCUT2D eigenvalue weighted by atomic mass is 16.5. The van der Waals surface area contributed by atoms with E-state index in [0.29, 0.717) is 24.5 Å². The van der Waals surface area contributed by atoms with E-state index in [1.807, 2.05) is 18.2 Å². The summed E-state index contributed by atoms with van der Waals surface area (Å²) in [5.41, 5.74) is 0. The molecule has 112 valence electrons. The van der Waals surface area contributed by atoms with E-state index in [1.165, 1.54) is 6.26 Å². The Hall–Kier alpha value is -2.27. The third-order valence-electron chi connectivity index (χ3n) is 3.01. The van der Waals surface area contributed by atoms with Gasteiger partial charge < -0.3 is 19.6 Å². The van der Waals surface area contributed by atoms with Crippen LogP contribution in [-0.4, -0.2) is 23.7 Å². The van der Waals surface area contributed by atoms with Crippen LogP contribution in [0.3, 0.4) is 0 Å². The van der Waals surface area contributed by atoms with Crippen LogP contribution in [0.15, 0.2) is 53.1 Å². The number of benzene rings is 1. The van der Waals surface area contributed by atoms with Crippen molar-refractivity contribution < 1.29 is 19.1 Å². The van der Waals surface area contributed by atoms with Gasteiger partial charge in [0.2, 0.25) is 0 Å². The number of furan rings is 1. The predicted octanol–water partition coefficient (Wildman–Crippen LogP) is 2.29. The van der Waals surface area contributed by atoms with Crippen molar-refractivity contribution in [3.63, 3.8) is 0 Å². The molecule has 0 aliphatic heterocycles. The summed E-state index contributed by atoms with van der Waals surface area (Å²) in [5.74, 6) is 0.930. The van der Waals surface area contributed by atoms with E-state index in [4.69, 9.17) is 9.15 Å². The van der Waals surface area contributed by atoms with Crippen molar-refractivity contribution in [2.24, 2.45) is 0 Å². The van der Waals surface area contributed by atoms with Crippen molar-refractivity contribution in [3.05, 3.63) is 54.5 Å². The van der Waals surface area contributed by atoms with E-state index in [0.717, 1.165) is 0 Å². The van der Waals surface area contributed by atoms with E-state index in [1.54, 1.807) is 31.2 Å². The lowest BCUT2D eigenvalue weighted by atomic mass is 10.2. The summed E-state index contributed by atoms with van der Waals surface area (Å²) in [4.78, 5) is 11.9. The summed E-state index contributed by atoms with van der Waals surface area (Å²) in [6, 6.07) is 12.6. The molecule has 1 aromatic heterocycles. The van der Waals surface area contributed by atoms with Crippen molar-refractivity contribution >= 4 is 5.91 Å². The Kier molecular flexibility index (Phi) is 5.40. The quantitative estimate of drug-likeness (QED) is 0.820. The van der Waals surface area contributed by atoms with E-state index in [9.17, 15) is 9.90 Å². The van der Waals surface area contributed by atoms with Gasteiger partial charge in [-0.3, -0.25) is 4.79 Å². The summed E-state index contributed by atoms with van der Waals surface area (Å²) in [6.07, 6.45) is 0.586. The van der Waals surface area contributed by atoms with Crippen LogP contribution in [0.5, 0.6) is 5.75 Å². The number of para-hydroxylation sites is 1. The molecule has 2 atom stereocenters. The van der Waals surface area contributed by atoms with E-state index in [-0.39, 0.29) is 5.91 Å². The van der Waals surface area contributed by atoms with Crippen LogP contribution in [0, 0.1) is 0 Å². The van der Waals surface area contributed by atoms with E-state index < -0.39 is 12.2 Å². The maximum atomic E-state index is 11.9. The standard InChI is InChI=1S/C16H19NO4/c1-12(21-13-6-3-2-4-7-13)16(19)17-10-9-14(18)15-8-5-11-20-15/h2-8,11-12,14,18H,9-10H2,1H3,(H,17,19)/t12-,14-/m0/s1. The molecule has 0 fully saturated rings. The highest BCUT2D eigenvalue weighted by Gasteiger charge is 2.15. The lowest BCUT2D eigenvalue weighted by Crippen LogP contribution is -2.37. The number of aliphatic hydroxyl groups excluding tert-OH is 1. The molecule has 2 aromatic rings. The predicted molar refractivity (Wildman–Crippen MR) is 77.8 cm³/mol. The topological polar surface area (TPSA) is 71.7 Å². The highest BCUT2D eigenvalue weighted by Crippen LogP contribution is 2.16. The number of aliphatic hydroxyl groups is 1. The second kappa shape index (κ2) is 7.50. The van der Waals surface area contributed by atoms with Crippen molar-refractivity contribution in [2.45, 2.75) is 25.6 Å². The fraction of sp³-hybridized carbons (Fsp3) is 0.312. The Morgan fingerprint density at radius 2 is 2.05 bits per heavy atom. The molecule has 0 aliphatic carbocycles. The monoisotopic (exact) mass is 289 g/mol. The van der Waals surface area contributed by atoms with Gasteiger partial charge >= 0.3 is 0 Å². The van der Waals surface area contributed by atoms with Crippen molar-refractivity contribution in [1.82, 2.24) is 5.32 Å². The first-order valence-corrected chi connectivity index (χ1v) is 6.87. The average Bonchev–Trinajstić information content (AvgIpc) is 3.02. The Morgan fingerprint density at radius 3 is 2.71 bits per heavy atom. The molecule has 21 heavy (non-hydrogen) atoms.